The second-order valence-electron chi connectivity index (χ2n) is 6.37. The number of hydrogen-bond acceptors (Lipinski definition) is 2. The molecule has 3 fully saturated rings. The molecule has 102 valence electrons. The minimum Gasteiger partial charge on any atom is -0.340 e. The normalized spacial score (nSPS) is 35.9. The summed E-state index contributed by atoms with van der Waals surface area (Å²) in [5.74, 6) is 0.804. The first-order chi connectivity index (χ1) is 8.78. The van der Waals surface area contributed by atoms with Gasteiger partial charge in [0, 0.05) is 30.6 Å². The summed E-state index contributed by atoms with van der Waals surface area (Å²) in [5, 5.41) is 3.67. The lowest BCUT2D eigenvalue weighted by atomic mass is 9.96. The van der Waals surface area contributed by atoms with Crippen molar-refractivity contribution in [3.63, 3.8) is 0 Å². The highest BCUT2D eigenvalue weighted by atomic mass is 16.2. The molecule has 0 aromatic rings. The fraction of sp³-hybridized carbons (Fsp3) is 0.933. The van der Waals surface area contributed by atoms with E-state index in [0.717, 1.165) is 19.4 Å². The number of nitrogens with one attached hydrogen (secondary N) is 1. The molecule has 0 radical (unpaired) electrons. The fourth-order valence-corrected chi connectivity index (χ4v) is 4.28. The zero-order chi connectivity index (χ0) is 12.5. The highest BCUT2D eigenvalue weighted by Gasteiger charge is 2.38. The number of nitrogens with zero attached hydrogens (tertiary/aromatic N) is 1. The number of fused-ring (bicyclic) bond motifs is 2. The maximum Gasteiger partial charge on any atom is 0.225 e. The Labute approximate surface area is 110 Å². The van der Waals surface area contributed by atoms with E-state index >= 15 is 0 Å². The first-order valence-electron chi connectivity index (χ1n) is 7.84. The van der Waals surface area contributed by atoms with Gasteiger partial charge in [0.15, 0.2) is 0 Å². The predicted octanol–water partition coefficient (Wildman–Crippen LogP) is 2.31. The zero-order valence-electron chi connectivity index (χ0n) is 11.5. The Morgan fingerprint density at radius 3 is 2.28 bits per heavy atom. The molecule has 3 heteroatoms. The zero-order valence-corrected chi connectivity index (χ0v) is 11.5. The molecule has 3 nitrogen and oxygen atoms in total. The van der Waals surface area contributed by atoms with Gasteiger partial charge in [-0.1, -0.05) is 12.8 Å². The van der Waals surface area contributed by atoms with Crippen LogP contribution in [0, 0.1) is 5.92 Å². The standard InChI is InChI=1S/C15H26N2O/c1-2-17(15(18)11-5-3-4-6-11)14-9-12-7-8-13(10-14)16-12/h11-14,16H,2-10H2,1H3. The largest absolute Gasteiger partial charge is 0.340 e. The van der Waals surface area contributed by atoms with E-state index in [1.54, 1.807) is 0 Å². The third kappa shape index (κ3) is 2.29. The minimum absolute atomic E-state index is 0.345. The Morgan fingerprint density at radius 2 is 1.72 bits per heavy atom. The first-order valence-corrected chi connectivity index (χ1v) is 7.84. The molecule has 2 heterocycles. The first kappa shape index (κ1) is 12.5. The number of carbonyl (C=O) groups is 1. The van der Waals surface area contributed by atoms with Crippen molar-refractivity contribution in [3.8, 4) is 0 Å². The van der Waals surface area contributed by atoms with Gasteiger partial charge in [0.2, 0.25) is 5.91 Å². The SMILES string of the molecule is CCN(C(=O)C1CCCC1)C1CC2CCC(C1)N2. The van der Waals surface area contributed by atoms with Crippen LogP contribution in [-0.2, 0) is 4.79 Å². The highest BCUT2D eigenvalue weighted by Crippen LogP contribution is 2.32. The molecular formula is C15H26N2O. The molecule has 2 unspecified atom stereocenters. The number of carbonyl (C=O) groups excluding carboxylic acids is 1. The smallest absolute Gasteiger partial charge is 0.225 e. The van der Waals surface area contributed by atoms with Crippen molar-refractivity contribution in [3.05, 3.63) is 0 Å². The molecule has 3 rings (SSSR count). The highest BCUT2D eigenvalue weighted by molar-refractivity contribution is 5.79. The molecule has 1 amide bonds. The van der Waals surface area contributed by atoms with E-state index in [1.807, 2.05) is 0 Å². The van der Waals surface area contributed by atoms with Gasteiger partial charge in [0.25, 0.3) is 0 Å². The molecule has 2 aliphatic heterocycles. The quantitative estimate of drug-likeness (QED) is 0.833. The lowest BCUT2D eigenvalue weighted by Crippen LogP contribution is -2.51. The van der Waals surface area contributed by atoms with E-state index in [-0.39, 0.29) is 0 Å². The van der Waals surface area contributed by atoms with Crippen LogP contribution in [0.1, 0.15) is 58.3 Å². The van der Waals surface area contributed by atoms with Crippen LogP contribution in [0.3, 0.4) is 0 Å². The van der Waals surface area contributed by atoms with Gasteiger partial charge in [-0.05, 0) is 45.4 Å². The fourth-order valence-electron chi connectivity index (χ4n) is 4.28. The Morgan fingerprint density at radius 1 is 1.11 bits per heavy atom. The van der Waals surface area contributed by atoms with Gasteiger partial charge in [-0.15, -0.1) is 0 Å². The Hall–Kier alpha value is -0.570. The summed E-state index contributed by atoms with van der Waals surface area (Å²) in [6.07, 6.45) is 9.77. The molecule has 0 aromatic carbocycles. The van der Waals surface area contributed by atoms with E-state index in [9.17, 15) is 4.79 Å². The summed E-state index contributed by atoms with van der Waals surface area (Å²) < 4.78 is 0. The monoisotopic (exact) mass is 250 g/mol. The molecule has 0 spiro atoms. The van der Waals surface area contributed by atoms with Crippen molar-refractivity contribution in [2.24, 2.45) is 5.92 Å². The van der Waals surface area contributed by atoms with Crippen LogP contribution >= 0.6 is 0 Å². The third-order valence-electron chi connectivity index (χ3n) is 5.22. The average molecular weight is 250 g/mol. The number of hydrogen-bond donors (Lipinski definition) is 1. The molecule has 1 aliphatic carbocycles. The molecule has 0 aromatic heterocycles. The summed E-state index contributed by atoms with van der Waals surface area (Å²) in [6, 6.07) is 1.88. The predicted molar refractivity (Wildman–Crippen MR) is 72.3 cm³/mol. The van der Waals surface area contributed by atoms with Crippen molar-refractivity contribution in [2.75, 3.05) is 6.54 Å². The second kappa shape index (κ2) is 5.20. The minimum atomic E-state index is 0.345. The van der Waals surface area contributed by atoms with Crippen LogP contribution in [0.15, 0.2) is 0 Å². The van der Waals surface area contributed by atoms with E-state index in [2.05, 4.69) is 17.1 Å². The Kier molecular flexibility index (Phi) is 3.60. The summed E-state index contributed by atoms with van der Waals surface area (Å²) in [5.41, 5.74) is 0. The topological polar surface area (TPSA) is 32.3 Å². The van der Waals surface area contributed by atoms with Gasteiger partial charge in [-0.3, -0.25) is 4.79 Å². The summed E-state index contributed by atoms with van der Waals surface area (Å²) in [7, 11) is 0. The lowest BCUT2D eigenvalue weighted by Gasteiger charge is -2.38. The maximum absolute atomic E-state index is 12.6. The van der Waals surface area contributed by atoms with Gasteiger partial charge < -0.3 is 10.2 Å². The van der Waals surface area contributed by atoms with Crippen LogP contribution in [0.5, 0.6) is 0 Å². The average Bonchev–Trinajstić information content (AvgIpc) is 3.00. The number of rotatable bonds is 3. The lowest BCUT2D eigenvalue weighted by molar-refractivity contribution is -0.138. The van der Waals surface area contributed by atoms with Crippen LogP contribution < -0.4 is 5.32 Å². The van der Waals surface area contributed by atoms with Gasteiger partial charge in [0.05, 0.1) is 0 Å². The molecule has 2 bridgehead atoms. The maximum atomic E-state index is 12.6. The van der Waals surface area contributed by atoms with E-state index in [4.69, 9.17) is 0 Å². The van der Waals surface area contributed by atoms with Crippen molar-refractivity contribution in [1.29, 1.82) is 0 Å². The van der Waals surface area contributed by atoms with Gasteiger partial charge in [0.1, 0.15) is 0 Å². The summed E-state index contributed by atoms with van der Waals surface area (Å²) >= 11 is 0. The molecular weight excluding hydrogens is 224 g/mol. The van der Waals surface area contributed by atoms with Crippen LogP contribution in [0.25, 0.3) is 0 Å². The summed E-state index contributed by atoms with van der Waals surface area (Å²) in [4.78, 5) is 14.8. The molecule has 2 saturated heterocycles. The Bertz CT molecular complexity index is 300. The van der Waals surface area contributed by atoms with Crippen molar-refractivity contribution >= 4 is 5.91 Å². The van der Waals surface area contributed by atoms with Crippen molar-refractivity contribution < 1.29 is 4.79 Å². The van der Waals surface area contributed by atoms with Gasteiger partial charge >= 0.3 is 0 Å². The van der Waals surface area contributed by atoms with Crippen molar-refractivity contribution in [2.45, 2.75) is 76.4 Å². The second-order valence-corrected chi connectivity index (χ2v) is 6.37. The molecule has 2 atom stereocenters. The van der Waals surface area contributed by atoms with Crippen molar-refractivity contribution in [1.82, 2.24) is 10.2 Å². The summed E-state index contributed by atoms with van der Waals surface area (Å²) in [6.45, 7) is 3.05. The van der Waals surface area contributed by atoms with Crippen LogP contribution in [-0.4, -0.2) is 35.5 Å². The molecule has 18 heavy (non-hydrogen) atoms. The van der Waals surface area contributed by atoms with Gasteiger partial charge in [-0.25, -0.2) is 0 Å². The third-order valence-corrected chi connectivity index (χ3v) is 5.22. The van der Waals surface area contributed by atoms with Gasteiger partial charge in [-0.2, -0.15) is 0 Å². The number of piperidine rings is 1. The van der Waals surface area contributed by atoms with Crippen LogP contribution in [0.2, 0.25) is 0 Å². The Balaban J connectivity index is 1.66. The van der Waals surface area contributed by atoms with Crippen LogP contribution in [0.4, 0.5) is 0 Å². The number of amides is 1. The van der Waals surface area contributed by atoms with E-state index in [1.165, 1.54) is 38.5 Å². The van der Waals surface area contributed by atoms with E-state index in [0.29, 0.717) is 30.0 Å². The molecule has 1 saturated carbocycles. The molecule has 1 N–H and O–H groups in total. The van der Waals surface area contributed by atoms with E-state index < -0.39 is 0 Å². The molecule has 3 aliphatic rings.